The first kappa shape index (κ1) is 13.1. The van der Waals surface area contributed by atoms with Gasteiger partial charge in [0.2, 0.25) is 0 Å². The Morgan fingerprint density at radius 3 is 2.32 bits per heavy atom. The van der Waals surface area contributed by atoms with Gasteiger partial charge in [-0.25, -0.2) is 9.97 Å². The Bertz CT molecular complexity index is 612. The predicted molar refractivity (Wildman–Crippen MR) is 74.5 cm³/mol. The van der Waals surface area contributed by atoms with Gasteiger partial charge < -0.3 is 15.2 Å². The van der Waals surface area contributed by atoms with Gasteiger partial charge in [0.1, 0.15) is 17.8 Å². The number of benzene rings is 1. The van der Waals surface area contributed by atoms with Gasteiger partial charge in [-0.2, -0.15) is 0 Å². The zero-order valence-corrected chi connectivity index (χ0v) is 11.5. The van der Waals surface area contributed by atoms with Crippen molar-refractivity contribution in [1.82, 2.24) is 9.97 Å². The van der Waals surface area contributed by atoms with Crippen LogP contribution in [0.3, 0.4) is 0 Å². The van der Waals surface area contributed by atoms with E-state index in [1.165, 1.54) is 6.33 Å². The van der Waals surface area contributed by atoms with Crippen molar-refractivity contribution in [2.24, 2.45) is 0 Å². The molecule has 0 unspecified atom stereocenters. The quantitative estimate of drug-likeness (QED) is 0.916. The Labute approximate surface area is 112 Å². The smallest absolute Gasteiger partial charge is 0.187 e. The standard InChI is InChI=1S/C14H17N3O2/c1-8-5-6-10(12(18-3)9(8)2)11-13(19-4)14(15)17-7-16-11/h5-7H,1-4H3,(H2,15,16,17). The molecule has 0 bridgehead atoms. The second kappa shape index (κ2) is 5.14. The number of nitrogens with two attached hydrogens (primary N) is 1. The van der Waals surface area contributed by atoms with Crippen LogP contribution in [0.2, 0.25) is 0 Å². The number of nitrogens with zero attached hydrogens (tertiary/aromatic N) is 2. The largest absolute Gasteiger partial charge is 0.496 e. The lowest BCUT2D eigenvalue weighted by Crippen LogP contribution is -2.01. The van der Waals surface area contributed by atoms with Gasteiger partial charge >= 0.3 is 0 Å². The molecule has 19 heavy (non-hydrogen) atoms. The van der Waals surface area contributed by atoms with Crippen LogP contribution in [0, 0.1) is 13.8 Å². The highest BCUT2D eigenvalue weighted by Crippen LogP contribution is 2.39. The maximum absolute atomic E-state index is 5.81. The van der Waals surface area contributed by atoms with Crippen molar-refractivity contribution in [3.8, 4) is 22.8 Å². The van der Waals surface area contributed by atoms with Gasteiger partial charge in [-0.1, -0.05) is 6.07 Å². The van der Waals surface area contributed by atoms with E-state index in [0.717, 1.165) is 22.4 Å². The van der Waals surface area contributed by atoms with Gasteiger partial charge in [-0.05, 0) is 31.0 Å². The number of anilines is 1. The molecular weight excluding hydrogens is 242 g/mol. The second-order valence-corrected chi connectivity index (χ2v) is 4.23. The minimum Gasteiger partial charge on any atom is -0.496 e. The average molecular weight is 259 g/mol. The average Bonchev–Trinajstić information content (AvgIpc) is 2.41. The van der Waals surface area contributed by atoms with Crippen molar-refractivity contribution >= 4 is 5.82 Å². The third-order valence-electron chi connectivity index (χ3n) is 3.17. The van der Waals surface area contributed by atoms with Crippen molar-refractivity contribution in [3.63, 3.8) is 0 Å². The summed E-state index contributed by atoms with van der Waals surface area (Å²) in [6.45, 7) is 4.04. The molecule has 5 heteroatoms. The second-order valence-electron chi connectivity index (χ2n) is 4.23. The van der Waals surface area contributed by atoms with Crippen LogP contribution in [0.4, 0.5) is 5.82 Å². The molecule has 0 amide bonds. The summed E-state index contributed by atoms with van der Waals surface area (Å²) in [5.41, 5.74) is 9.51. The fourth-order valence-corrected chi connectivity index (χ4v) is 2.02. The van der Waals surface area contributed by atoms with Crippen molar-refractivity contribution in [1.29, 1.82) is 0 Å². The number of rotatable bonds is 3. The van der Waals surface area contributed by atoms with Crippen LogP contribution in [0.15, 0.2) is 18.5 Å². The van der Waals surface area contributed by atoms with Gasteiger partial charge in [0.15, 0.2) is 11.6 Å². The van der Waals surface area contributed by atoms with Crippen LogP contribution in [-0.4, -0.2) is 24.2 Å². The maximum atomic E-state index is 5.81. The van der Waals surface area contributed by atoms with Crippen LogP contribution >= 0.6 is 0 Å². The number of aryl methyl sites for hydroxylation is 1. The Morgan fingerprint density at radius 1 is 1.00 bits per heavy atom. The number of methoxy groups -OCH3 is 2. The van der Waals surface area contributed by atoms with Gasteiger partial charge in [0, 0.05) is 5.56 Å². The Kier molecular flexibility index (Phi) is 3.55. The molecule has 0 atom stereocenters. The molecule has 2 N–H and O–H groups in total. The van der Waals surface area contributed by atoms with Crippen LogP contribution in [-0.2, 0) is 0 Å². The van der Waals surface area contributed by atoms with Crippen molar-refractivity contribution in [2.45, 2.75) is 13.8 Å². The van der Waals surface area contributed by atoms with Gasteiger partial charge in [0.05, 0.1) is 14.2 Å². The molecule has 5 nitrogen and oxygen atoms in total. The van der Waals surface area contributed by atoms with Crippen LogP contribution in [0.25, 0.3) is 11.3 Å². The lowest BCUT2D eigenvalue weighted by molar-refractivity contribution is 0.407. The van der Waals surface area contributed by atoms with Crippen LogP contribution < -0.4 is 15.2 Å². The SMILES string of the molecule is COc1c(N)ncnc1-c1ccc(C)c(C)c1OC. The molecular formula is C14H17N3O2. The number of hydrogen-bond donors (Lipinski definition) is 1. The summed E-state index contributed by atoms with van der Waals surface area (Å²) in [6, 6.07) is 3.97. The van der Waals surface area contributed by atoms with Crippen LogP contribution in [0.1, 0.15) is 11.1 Å². The monoisotopic (exact) mass is 259 g/mol. The molecule has 1 aromatic heterocycles. The van der Waals surface area contributed by atoms with Crippen molar-refractivity contribution in [2.75, 3.05) is 20.0 Å². The summed E-state index contributed by atoms with van der Waals surface area (Å²) in [5.74, 6) is 1.55. The van der Waals surface area contributed by atoms with Gasteiger partial charge in [-0.3, -0.25) is 0 Å². The number of hydrogen-bond acceptors (Lipinski definition) is 5. The molecule has 0 saturated heterocycles. The first-order valence-corrected chi connectivity index (χ1v) is 5.89. The van der Waals surface area contributed by atoms with E-state index in [9.17, 15) is 0 Å². The predicted octanol–water partition coefficient (Wildman–Crippen LogP) is 2.36. The Balaban J connectivity index is 2.72. The first-order chi connectivity index (χ1) is 9.10. The summed E-state index contributed by atoms with van der Waals surface area (Å²) in [4.78, 5) is 8.20. The highest BCUT2D eigenvalue weighted by atomic mass is 16.5. The van der Waals surface area contributed by atoms with E-state index in [1.54, 1.807) is 14.2 Å². The van der Waals surface area contributed by atoms with E-state index in [0.29, 0.717) is 17.3 Å². The van der Waals surface area contributed by atoms with Crippen LogP contribution in [0.5, 0.6) is 11.5 Å². The summed E-state index contributed by atoms with van der Waals surface area (Å²) < 4.78 is 10.8. The van der Waals surface area contributed by atoms with Gasteiger partial charge in [-0.15, -0.1) is 0 Å². The fourth-order valence-electron chi connectivity index (χ4n) is 2.02. The number of ether oxygens (including phenoxy) is 2. The molecule has 0 aliphatic carbocycles. The third kappa shape index (κ3) is 2.19. The molecule has 1 heterocycles. The Morgan fingerprint density at radius 2 is 1.68 bits per heavy atom. The zero-order chi connectivity index (χ0) is 14.0. The van der Waals surface area contributed by atoms with E-state index >= 15 is 0 Å². The minimum absolute atomic E-state index is 0.313. The van der Waals surface area contributed by atoms with E-state index in [2.05, 4.69) is 9.97 Å². The van der Waals surface area contributed by atoms with E-state index < -0.39 is 0 Å². The molecule has 0 fully saturated rings. The van der Waals surface area contributed by atoms with Crippen molar-refractivity contribution < 1.29 is 9.47 Å². The summed E-state index contributed by atoms with van der Waals surface area (Å²) in [6.07, 6.45) is 1.42. The molecule has 2 aromatic rings. The number of aromatic nitrogens is 2. The maximum Gasteiger partial charge on any atom is 0.187 e. The number of nitrogen functional groups attached to an aromatic ring is 1. The zero-order valence-electron chi connectivity index (χ0n) is 11.5. The van der Waals surface area contributed by atoms with E-state index in [1.807, 2.05) is 26.0 Å². The molecule has 0 aliphatic rings. The third-order valence-corrected chi connectivity index (χ3v) is 3.17. The molecule has 2 rings (SSSR count). The summed E-state index contributed by atoms with van der Waals surface area (Å²) >= 11 is 0. The fraction of sp³-hybridized carbons (Fsp3) is 0.286. The molecule has 0 spiro atoms. The molecule has 0 radical (unpaired) electrons. The summed E-state index contributed by atoms with van der Waals surface area (Å²) in [5, 5.41) is 0. The minimum atomic E-state index is 0.313. The highest BCUT2D eigenvalue weighted by molar-refractivity contribution is 5.77. The molecule has 0 saturated carbocycles. The topological polar surface area (TPSA) is 70.3 Å². The Hall–Kier alpha value is -2.30. The summed E-state index contributed by atoms with van der Waals surface area (Å²) in [7, 11) is 3.19. The van der Waals surface area contributed by atoms with Gasteiger partial charge in [0.25, 0.3) is 0 Å². The van der Waals surface area contributed by atoms with E-state index in [-0.39, 0.29) is 0 Å². The molecule has 100 valence electrons. The first-order valence-electron chi connectivity index (χ1n) is 5.89. The van der Waals surface area contributed by atoms with E-state index in [4.69, 9.17) is 15.2 Å². The molecule has 1 aromatic carbocycles. The normalized spacial score (nSPS) is 10.3. The lowest BCUT2D eigenvalue weighted by atomic mass is 10.0. The van der Waals surface area contributed by atoms with Crippen molar-refractivity contribution in [3.05, 3.63) is 29.6 Å². The lowest BCUT2D eigenvalue weighted by Gasteiger charge is -2.15. The highest BCUT2D eigenvalue weighted by Gasteiger charge is 2.17. The molecule has 0 aliphatic heterocycles.